The van der Waals surface area contributed by atoms with E-state index < -0.39 is 5.79 Å². The van der Waals surface area contributed by atoms with Gasteiger partial charge in [-0.05, 0) is 24.1 Å². The van der Waals surface area contributed by atoms with Gasteiger partial charge < -0.3 is 24.8 Å². The number of rotatable bonds is 5. The maximum Gasteiger partial charge on any atom is 0.227 e. The van der Waals surface area contributed by atoms with Gasteiger partial charge >= 0.3 is 0 Å². The van der Waals surface area contributed by atoms with E-state index in [1.165, 1.54) is 0 Å². The molecule has 0 aromatic heterocycles. The van der Waals surface area contributed by atoms with Crippen LogP contribution in [0.2, 0.25) is 0 Å². The van der Waals surface area contributed by atoms with Crippen LogP contribution in [0.4, 0.5) is 0 Å². The third kappa shape index (κ3) is 4.37. The molecule has 6 nitrogen and oxygen atoms in total. The van der Waals surface area contributed by atoms with Gasteiger partial charge in [-0.15, -0.1) is 0 Å². The highest BCUT2D eigenvalue weighted by atomic mass is 16.7. The van der Waals surface area contributed by atoms with Crippen LogP contribution in [0.1, 0.15) is 38.7 Å². The average molecular weight is 362 g/mol. The highest BCUT2D eigenvalue weighted by Crippen LogP contribution is 2.37. The molecule has 1 aromatic rings. The van der Waals surface area contributed by atoms with Gasteiger partial charge in [-0.2, -0.15) is 0 Å². The average Bonchev–Trinajstić information content (AvgIpc) is 3.02. The Kier molecular flexibility index (Phi) is 5.85. The molecule has 2 atom stereocenters. The first-order valence-electron chi connectivity index (χ1n) is 9.46. The monoisotopic (exact) mass is 362 g/mol. The van der Waals surface area contributed by atoms with Crippen LogP contribution in [-0.4, -0.2) is 60.1 Å². The predicted octanol–water partition coefficient (Wildman–Crippen LogP) is 2.06. The van der Waals surface area contributed by atoms with E-state index in [9.17, 15) is 9.90 Å². The molecular weight excluding hydrogens is 332 g/mol. The zero-order valence-electron chi connectivity index (χ0n) is 15.9. The minimum Gasteiger partial charge on any atom is -0.508 e. The molecule has 6 heteroatoms. The SMILES string of the molecule is CC(C)NC1CC2(CCC1N(C)C(=O)Cc1cccc(O)c1)OCCO2. The number of amides is 1. The molecule has 1 aliphatic heterocycles. The molecule has 2 unspecified atom stereocenters. The topological polar surface area (TPSA) is 71.0 Å². The van der Waals surface area contributed by atoms with E-state index in [1.54, 1.807) is 18.2 Å². The summed E-state index contributed by atoms with van der Waals surface area (Å²) in [4.78, 5) is 14.7. The predicted molar refractivity (Wildman–Crippen MR) is 98.9 cm³/mol. The second kappa shape index (κ2) is 7.94. The first-order valence-corrected chi connectivity index (χ1v) is 9.46. The van der Waals surface area contributed by atoms with Crippen molar-refractivity contribution >= 4 is 5.91 Å². The largest absolute Gasteiger partial charge is 0.508 e. The Bertz CT molecular complexity index is 628. The lowest BCUT2D eigenvalue weighted by Crippen LogP contribution is -2.59. The normalized spacial score (nSPS) is 24.9. The van der Waals surface area contributed by atoms with Crippen molar-refractivity contribution in [2.24, 2.45) is 0 Å². The smallest absolute Gasteiger partial charge is 0.227 e. The van der Waals surface area contributed by atoms with Gasteiger partial charge in [0, 0.05) is 38.0 Å². The maximum atomic E-state index is 12.8. The molecule has 1 saturated heterocycles. The van der Waals surface area contributed by atoms with Gasteiger partial charge in [0.05, 0.1) is 19.6 Å². The van der Waals surface area contributed by atoms with Gasteiger partial charge in [-0.25, -0.2) is 0 Å². The number of carbonyl (C=O) groups excluding carboxylic acids is 1. The molecule has 3 rings (SSSR count). The van der Waals surface area contributed by atoms with Gasteiger partial charge in [0.25, 0.3) is 0 Å². The number of carbonyl (C=O) groups is 1. The molecule has 1 aromatic carbocycles. The van der Waals surface area contributed by atoms with Gasteiger partial charge in [0.15, 0.2) is 5.79 Å². The maximum absolute atomic E-state index is 12.8. The van der Waals surface area contributed by atoms with Crippen LogP contribution in [0, 0.1) is 0 Å². The number of nitrogens with zero attached hydrogens (tertiary/aromatic N) is 1. The highest BCUT2D eigenvalue weighted by Gasteiger charge is 2.46. The minimum atomic E-state index is -0.488. The van der Waals surface area contributed by atoms with Crippen LogP contribution in [0.3, 0.4) is 0 Å². The third-order valence-electron chi connectivity index (χ3n) is 5.33. The molecule has 0 bridgehead atoms. The summed E-state index contributed by atoms with van der Waals surface area (Å²) in [6.07, 6.45) is 2.68. The molecule has 2 fully saturated rings. The fourth-order valence-corrected chi connectivity index (χ4v) is 4.11. The summed E-state index contributed by atoms with van der Waals surface area (Å²) in [5.41, 5.74) is 0.824. The van der Waals surface area contributed by atoms with Crippen LogP contribution in [0.25, 0.3) is 0 Å². The van der Waals surface area contributed by atoms with E-state index in [-0.39, 0.29) is 30.2 Å². The van der Waals surface area contributed by atoms with Crippen LogP contribution < -0.4 is 5.32 Å². The van der Waals surface area contributed by atoms with Gasteiger partial charge in [-0.1, -0.05) is 26.0 Å². The first kappa shape index (κ1) is 19.1. The minimum absolute atomic E-state index is 0.0559. The highest BCUT2D eigenvalue weighted by molar-refractivity contribution is 5.79. The van der Waals surface area contributed by atoms with Crippen molar-refractivity contribution in [2.75, 3.05) is 20.3 Å². The van der Waals surface area contributed by atoms with E-state index in [0.717, 1.165) is 24.8 Å². The second-order valence-electron chi connectivity index (χ2n) is 7.70. The number of aromatic hydroxyl groups is 1. The summed E-state index contributed by atoms with van der Waals surface area (Å²) < 4.78 is 11.8. The van der Waals surface area contributed by atoms with Crippen molar-refractivity contribution in [1.29, 1.82) is 0 Å². The number of phenolic OH excluding ortho intramolecular Hbond substituents is 1. The summed E-state index contributed by atoms with van der Waals surface area (Å²) in [7, 11) is 1.87. The van der Waals surface area contributed by atoms with Crippen molar-refractivity contribution in [2.45, 2.75) is 63.4 Å². The van der Waals surface area contributed by atoms with E-state index in [0.29, 0.717) is 19.3 Å². The van der Waals surface area contributed by atoms with Crippen molar-refractivity contribution < 1.29 is 19.4 Å². The Morgan fingerprint density at radius 2 is 2.12 bits per heavy atom. The number of benzene rings is 1. The number of phenols is 1. The van der Waals surface area contributed by atoms with Crippen LogP contribution in [-0.2, 0) is 20.7 Å². The molecule has 1 aliphatic carbocycles. The lowest BCUT2D eigenvalue weighted by molar-refractivity contribution is -0.191. The molecule has 0 radical (unpaired) electrons. The number of likely N-dealkylation sites (N-methyl/N-ethyl adjacent to an activating group) is 1. The van der Waals surface area contributed by atoms with E-state index in [2.05, 4.69) is 19.2 Å². The van der Waals surface area contributed by atoms with Crippen LogP contribution in [0.5, 0.6) is 5.75 Å². The van der Waals surface area contributed by atoms with Crippen molar-refractivity contribution in [3.05, 3.63) is 29.8 Å². The molecule has 144 valence electrons. The van der Waals surface area contributed by atoms with E-state index >= 15 is 0 Å². The number of nitrogens with one attached hydrogen (secondary N) is 1. The summed E-state index contributed by atoms with van der Waals surface area (Å²) in [5, 5.41) is 13.2. The molecular formula is C20H30N2O4. The van der Waals surface area contributed by atoms with Crippen molar-refractivity contribution in [3.8, 4) is 5.75 Å². The summed E-state index contributed by atoms with van der Waals surface area (Å²) in [6, 6.07) is 7.42. The third-order valence-corrected chi connectivity index (χ3v) is 5.33. The molecule has 1 saturated carbocycles. The summed E-state index contributed by atoms with van der Waals surface area (Å²) in [6.45, 7) is 5.52. The molecule has 1 heterocycles. The Morgan fingerprint density at radius 3 is 2.77 bits per heavy atom. The summed E-state index contributed by atoms with van der Waals surface area (Å²) >= 11 is 0. The van der Waals surface area contributed by atoms with Gasteiger partial charge in [0.2, 0.25) is 5.91 Å². The van der Waals surface area contributed by atoms with Crippen molar-refractivity contribution in [3.63, 3.8) is 0 Å². The Labute approximate surface area is 155 Å². The molecule has 2 N–H and O–H groups in total. The quantitative estimate of drug-likeness (QED) is 0.839. The second-order valence-corrected chi connectivity index (χ2v) is 7.70. The number of hydrogen-bond donors (Lipinski definition) is 2. The zero-order chi connectivity index (χ0) is 18.7. The van der Waals surface area contributed by atoms with Gasteiger partial charge in [0.1, 0.15) is 5.75 Å². The molecule has 2 aliphatic rings. The lowest BCUT2D eigenvalue weighted by atomic mass is 9.84. The zero-order valence-corrected chi connectivity index (χ0v) is 15.9. The fourth-order valence-electron chi connectivity index (χ4n) is 4.11. The number of hydrogen-bond acceptors (Lipinski definition) is 5. The Hall–Kier alpha value is -1.63. The lowest BCUT2D eigenvalue weighted by Gasteiger charge is -2.45. The Morgan fingerprint density at radius 1 is 1.38 bits per heavy atom. The van der Waals surface area contributed by atoms with Crippen LogP contribution >= 0.6 is 0 Å². The molecule has 1 amide bonds. The fraction of sp³-hybridized carbons (Fsp3) is 0.650. The van der Waals surface area contributed by atoms with Crippen LogP contribution in [0.15, 0.2) is 24.3 Å². The summed E-state index contributed by atoms with van der Waals surface area (Å²) in [5.74, 6) is -0.245. The van der Waals surface area contributed by atoms with Gasteiger partial charge in [-0.3, -0.25) is 4.79 Å². The van der Waals surface area contributed by atoms with E-state index in [1.807, 2.05) is 18.0 Å². The molecule has 26 heavy (non-hydrogen) atoms. The van der Waals surface area contributed by atoms with Crippen molar-refractivity contribution in [1.82, 2.24) is 10.2 Å². The van der Waals surface area contributed by atoms with E-state index in [4.69, 9.17) is 9.47 Å². The Balaban J connectivity index is 1.69. The first-order chi connectivity index (χ1) is 12.4. The molecule has 1 spiro atoms. The standard InChI is InChI=1S/C20H30N2O4/c1-14(2)21-17-13-20(25-9-10-26-20)8-7-18(17)22(3)19(24)12-15-5-4-6-16(23)11-15/h4-6,11,14,17-18,21,23H,7-10,12-13H2,1-3H3. The number of ether oxygens (including phenoxy) is 2.